The Morgan fingerprint density at radius 2 is 0.933 bits per heavy atom. The van der Waals surface area contributed by atoms with Crippen LogP contribution in [0.15, 0.2) is 48.5 Å². The highest BCUT2D eigenvalue weighted by molar-refractivity contribution is 5.90. The van der Waals surface area contributed by atoms with Gasteiger partial charge in [-0.05, 0) is 88.6 Å². The normalized spacial score (nSPS) is 11.0. The summed E-state index contributed by atoms with van der Waals surface area (Å²) in [6, 6.07) is 13.2. The van der Waals surface area contributed by atoms with Crippen molar-refractivity contribution < 1.29 is 28.5 Å². The molecule has 0 unspecified atom stereocenters. The predicted molar refractivity (Wildman–Crippen MR) is 173 cm³/mol. The first kappa shape index (κ1) is 35.2. The van der Waals surface area contributed by atoms with Crippen LogP contribution in [-0.4, -0.2) is 102 Å². The van der Waals surface area contributed by atoms with Crippen LogP contribution >= 0.6 is 0 Å². The van der Waals surface area contributed by atoms with E-state index < -0.39 is 11.9 Å². The zero-order valence-corrected chi connectivity index (χ0v) is 27.3. The third-order valence-corrected chi connectivity index (χ3v) is 7.30. The largest absolute Gasteiger partial charge is 0.461 e. The van der Waals surface area contributed by atoms with Crippen LogP contribution in [0.2, 0.25) is 0 Å². The van der Waals surface area contributed by atoms with E-state index in [0.717, 1.165) is 26.2 Å². The second-order valence-electron chi connectivity index (χ2n) is 9.95. The van der Waals surface area contributed by atoms with Gasteiger partial charge in [-0.1, -0.05) is 27.7 Å². The molecule has 1 heterocycles. The van der Waals surface area contributed by atoms with Crippen LogP contribution in [0.1, 0.15) is 62.3 Å². The first-order chi connectivity index (χ1) is 21.8. The number of aromatic nitrogens is 3. The number of hydrogen-bond acceptors (Lipinski definition) is 12. The summed E-state index contributed by atoms with van der Waals surface area (Å²) in [7, 11) is 0. The number of benzene rings is 2. The zero-order valence-electron chi connectivity index (χ0n) is 27.3. The molecule has 0 radical (unpaired) electrons. The molecule has 0 aliphatic carbocycles. The van der Waals surface area contributed by atoms with Crippen molar-refractivity contribution in [1.82, 2.24) is 24.8 Å². The first-order valence-electron chi connectivity index (χ1n) is 15.7. The minimum atomic E-state index is -0.396. The molecule has 0 N–H and O–H groups in total. The van der Waals surface area contributed by atoms with Gasteiger partial charge in [0.05, 0.1) is 11.1 Å². The van der Waals surface area contributed by atoms with Gasteiger partial charge in [-0.2, -0.15) is 9.97 Å². The van der Waals surface area contributed by atoms with Gasteiger partial charge < -0.3 is 33.6 Å². The summed E-state index contributed by atoms with van der Waals surface area (Å²) in [4.78, 5) is 44.5. The molecule has 0 saturated carbocycles. The fourth-order valence-electron chi connectivity index (χ4n) is 4.38. The third-order valence-electron chi connectivity index (χ3n) is 7.30. The maximum absolute atomic E-state index is 12.5. The van der Waals surface area contributed by atoms with Crippen molar-refractivity contribution in [3.05, 3.63) is 59.7 Å². The molecule has 3 aromatic rings. The second-order valence-corrected chi connectivity index (χ2v) is 9.95. The van der Waals surface area contributed by atoms with E-state index in [4.69, 9.17) is 18.9 Å². The van der Waals surface area contributed by atoms with Gasteiger partial charge in [0.25, 0.3) is 0 Å². The highest BCUT2D eigenvalue weighted by Crippen LogP contribution is 2.26. The third kappa shape index (κ3) is 11.0. The monoisotopic (exact) mass is 622 g/mol. The fraction of sp³-hybridized carbons (Fsp3) is 0.485. The van der Waals surface area contributed by atoms with Gasteiger partial charge in [0.2, 0.25) is 5.95 Å². The van der Waals surface area contributed by atoms with Crippen molar-refractivity contribution in [2.24, 2.45) is 0 Å². The molecule has 12 nitrogen and oxygen atoms in total. The number of likely N-dealkylation sites (N-methyl/N-ethyl adjacent to an activating group) is 2. The molecular formula is C33H46N6O6. The molecule has 45 heavy (non-hydrogen) atoms. The molecule has 0 bridgehead atoms. The van der Waals surface area contributed by atoms with Gasteiger partial charge >= 0.3 is 24.0 Å². The number of hydrogen-bond donors (Lipinski definition) is 0. The zero-order chi connectivity index (χ0) is 32.6. The Bertz CT molecular complexity index is 1230. The quantitative estimate of drug-likeness (QED) is 0.161. The molecule has 12 heteroatoms. The Balaban J connectivity index is 1.68. The van der Waals surface area contributed by atoms with Gasteiger partial charge in [-0.25, -0.2) is 9.59 Å². The summed E-state index contributed by atoms with van der Waals surface area (Å²) >= 11 is 0. The molecule has 0 amide bonds. The predicted octanol–water partition coefficient (Wildman–Crippen LogP) is 5.30. The summed E-state index contributed by atoms with van der Waals surface area (Å²) in [5, 5.41) is 0. The Labute approximate surface area is 266 Å². The number of carbonyl (C=O) groups is 2. The minimum absolute atomic E-state index is 0.0323. The summed E-state index contributed by atoms with van der Waals surface area (Å²) in [6.45, 7) is 19.2. The van der Waals surface area contributed by atoms with Gasteiger partial charge in [-0.3, -0.25) is 0 Å². The molecule has 0 aliphatic rings. The summed E-state index contributed by atoms with van der Waals surface area (Å²) in [5.74, 6) is 0.462. The fourth-order valence-corrected chi connectivity index (χ4v) is 4.38. The van der Waals surface area contributed by atoms with E-state index in [1.807, 2.05) is 18.7 Å². The standard InChI is InChI=1S/C33H46N6O6/c1-7-37(8-2)21-23-42-29(40)25-13-17-27(18-14-25)44-32-34-31(39(11-5)12-6)35-33(36-32)45-28-19-15-26(16-20-28)30(41)43-24-22-38(9-3)10-4/h13-20H,7-12,21-24H2,1-6H3. The molecule has 2 aromatic carbocycles. The smallest absolute Gasteiger partial charge is 0.338 e. The summed E-state index contributed by atoms with van der Waals surface area (Å²) in [6.07, 6.45) is 0. The van der Waals surface area contributed by atoms with Crippen molar-refractivity contribution in [2.45, 2.75) is 41.5 Å². The molecule has 0 atom stereocenters. The van der Waals surface area contributed by atoms with Crippen LogP contribution in [0.5, 0.6) is 23.5 Å². The van der Waals surface area contributed by atoms with Crippen LogP contribution in [0.25, 0.3) is 0 Å². The van der Waals surface area contributed by atoms with Crippen molar-refractivity contribution in [2.75, 3.05) is 70.5 Å². The number of carbonyl (C=O) groups excluding carboxylic acids is 2. The van der Waals surface area contributed by atoms with E-state index in [-0.39, 0.29) is 12.0 Å². The van der Waals surface area contributed by atoms with Gasteiger partial charge in [0, 0.05) is 26.2 Å². The summed E-state index contributed by atoms with van der Waals surface area (Å²) in [5.41, 5.74) is 0.836. The number of nitrogens with zero attached hydrogens (tertiary/aromatic N) is 6. The summed E-state index contributed by atoms with van der Waals surface area (Å²) < 4.78 is 22.7. The molecule has 3 rings (SSSR count). The van der Waals surface area contributed by atoms with Gasteiger partial charge in [-0.15, -0.1) is 4.98 Å². The van der Waals surface area contributed by atoms with Crippen molar-refractivity contribution >= 4 is 17.9 Å². The average molecular weight is 623 g/mol. The second kappa shape index (κ2) is 18.5. The molecule has 0 saturated heterocycles. The van der Waals surface area contributed by atoms with E-state index >= 15 is 0 Å². The number of esters is 2. The molecule has 0 aliphatic heterocycles. The van der Waals surface area contributed by atoms with Crippen molar-refractivity contribution in [3.63, 3.8) is 0 Å². The molecule has 0 fully saturated rings. The lowest BCUT2D eigenvalue weighted by atomic mass is 10.2. The Kier molecular flexibility index (Phi) is 14.5. The number of rotatable bonds is 19. The lowest BCUT2D eigenvalue weighted by Crippen LogP contribution is -2.27. The Morgan fingerprint density at radius 3 is 1.27 bits per heavy atom. The number of ether oxygens (including phenoxy) is 4. The molecule has 244 valence electrons. The lowest BCUT2D eigenvalue weighted by molar-refractivity contribution is 0.0457. The lowest BCUT2D eigenvalue weighted by Gasteiger charge is -2.19. The molecule has 1 aromatic heterocycles. The average Bonchev–Trinajstić information content (AvgIpc) is 3.06. The maximum atomic E-state index is 12.5. The van der Waals surface area contributed by atoms with Crippen molar-refractivity contribution in [3.8, 4) is 23.5 Å². The van der Waals surface area contributed by atoms with E-state index in [9.17, 15) is 9.59 Å². The van der Waals surface area contributed by atoms with Crippen LogP contribution in [0.3, 0.4) is 0 Å². The van der Waals surface area contributed by atoms with E-state index in [1.165, 1.54) is 0 Å². The Morgan fingerprint density at radius 1 is 0.556 bits per heavy atom. The maximum Gasteiger partial charge on any atom is 0.338 e. The highest BCUT2D eigenvalue weighted by atomic mass is 16.5. The van der Waals surface area contributed by atoms with E-state index in [0.29, 0.717) is 68.0 Å². The Hall–Kier alpha value is -4.29. The number of anilines is 1. The molecule has 0 spiro atoms. The van der Waals surface area contributed by atoms with Crippen LogP contribution in [0, 0.1) is 0 Å². The topological polar surface area (TPSA) is 119 Å². The minimum Gasteiger partial charge on any atom is -0.461 e. The van der Waals surface area contributed by atoms with Gasteiger partial charge in [0.1, 0.15) is 24.7 Å². The first-order valence-corrected chi connectivity index (χ1v) is 15.7. The molecular weight excluding hydrogens is 576 g/mol. The highest BCUT2D eigenvalue weighted by Gasteiger charge is 2.16. The van der Waals surface area contributed by atoms with Crippen molar-refractivity contribution in [1.29, 1.82) is 0 Å². The van der Waals surface area contributed by atoms with Crippen LogP contribution < -0.4 is 14.4 Å². The van der Waals surface area contributed by atoms with E-state index in [2.05, 4.69) is 52.4 Å². The van der Waals surface area contributed by atoms with E-state index in [1.54, 1.807) is 48.5 Å². The van der Waals surface area contributed by atoms with Gasteiger partial charge in [0.15, 0.2) is 0 Å². The SMILES string of the molecule is CCN(CC)CCOC(=O)c1ccc(Oc2nc(Oc3ccc(C(=O)OCCN(CC)CC)cc3)nc(N(CC)CC)n2)cc1. The van der Waals surface area contributed by atoms with Crippen LogP contribution in [-0.2, 0) is 9.47 Å². The van der Waals surface area contributed by atoms with Crippen LogP contribution in [0.4, 0.5) is 5.95 Å².